The number of hydrogen-bond donors (Lipinski definition) is 1. The van der Waals surface area contributed by atoms with Gasteiger partial charge in [0.1, 0.15) is 0 Å². The maximum absolute atomic E-state index is 3.34. The Morgan fingerprint density at radius 1 is 1.15 bits per heavy atom. The second kappa shape index (κ2) is 3.15. The molecule has 13 heavy (non-hydrogen) atoms. The predicted octanol–water partition coefficient (Wildman–Crippen LogP) is 2.18. The van der Waals surface area contributed by atoms with Gasteiger partial charge in [0.25, 0.3) is 0 Å². The minimum Gasteiger partial charge on any atom is -0.316 e. The molecule has 1 aromatic carbocycles. The fourth-order valence-electron chi connectivity index (χ4n) is 1.90. The smallest absolute Gasteiger partial charge is 0.0000105 e. The summed E-state index contributed by atoms with van der Waals surface area (Å²) < 4.78 is 0. The van der Waals surface area contributed by atoms with Crippen molar-refractivity contribution in [2.45, 2.75) is 19.3 Å². The van der Waals surface area contributed by atoms with E-state index in [1.807, 2.05) is 0 Å². The van der Waals surface area contributed by atoms with E-state index in [2.05, 4.69) is 49.5 Å². The van der Waals surface area contributed by atoms with Crippen molar-refractivity contribution >= 4 is 0 Å². The average molecular weight is 175 g/mol. The van der Waals surface area contributed by atoms with Crippen molar-refractivity contribution in [3.63, 3.8) is 0 Å². The van der Waals surface area contributed by atoms with Gasteiger partial charge in [0.05, 0.1) is 0 Å². The molecule has 1 aliphatic heterocycles. The van der Waals surface area contributed by atoms with Gasteiger partial charge in [0.2, 0.25) is 0 Å². The van der Waals surface area contributed by atoms with Crippen LogP contribution in [0.3, 0.4) is 0 Å². The molecule has 1 aromatic rings. The SMILES string of the molecule is CC(C)(c1ccccc1)C1CNC1. The summed E-state index contributed by atoms with van der Waals surface area (Å²) >= 11 is 0. The molecule has 0 saturated carbocycles. The second-order valence-corrected chi connectivity index (χ2v) is 4.44. The number of rotatable bonds is 2. The van der Waals surface area contributed by atoms with Gasteiger partial charge in [0.15, 0.2) is 0 Å². The minimum atomic E-state index is 0.326. The molecule has 1 aliphatic rings. The van der Waals surface area contributed by atoms with E-state index < -0.39 is 0 Å². The zero-order chi connectivity index (χ0) is 9.31. The molecule has 1 N–H and O–H groups in total. The van der Waals surface area contributed by atoms with E-state index in [1.165, 1.54) is 18.7 Å². The molecule has 1 fully saturated rings. The maximum Gasteiger partial charge on any atom is 0.0000105 e. The van der Waals surface area contributed by atoms with Crippen molar-refractivity contribution in [2.75, 3.05) is 13.1 Å². The van der Waals surface area contributed by atoms with Crippen molar-refractivity contribution in [3.05, 3.63) is 35.9 Å². The molecule has 0 aliphatic carbocycles. The summed E-state index contributed by atoms with van der Waals surface area (Å²) in [5.74, 6) is 0.801. The second-order valence-electron chi connectivity index (χ2n) is 4.44. The molecule has 1 nitrogen and oxygen atoms in total. The molecule has 0 radical (unpaired) electrons. The Balaban J connectivity index is 2.23. The Labute approximate surface area is 80.2 Å². The number of nitrogens with one attached hydrogen (secondary N) is 1. The van der Waals surface area contributed by atoms with Crippen LogP contribution in [0.2, 0.25) is 0 Å². The van der Waals surface area contributed by atoms with Gasteiger partial charge in [-0.25, -0.2) is 0 Å². The topological polar surface area (TPSA) is 12.0 Å². The molecular weight excluding hydrogens is 158 g/mol. The van der Waals surface area contributed by atoms with Gasteiger partial charge in [-0.3, -0.25) is 0 Å². The highest BCUT2D eigenvalue weighted by Gasteiger charge is 2.34. The summed E-state index contributed by atoms with van der Waals surface area (Å²) in [5.41, 5.74) is 1.79. The van der Waals surface area contributed by atoms with Gasteiger partial charge in [-0.15, -0.1) is 0 Å². The fraction of sp³-hybridized carbons (Fsp3) is 0.500. The maximum atomic E-state index is 3.34. The molecular formula is C12H17N. The number of hydrogen-bond acceptors (Lipinski definition) is 1. The Hall–Kier alpha value is -0.820. The summed E-state index contributed by atoms with van der Waals surface area (Å²) in [5, 5.41) is 3.34. The van der Waals surface area contributed by atoms with Crippen molar-refractivity contribution in [3.8, 4) is 0 Å². The van der Waals surface area contributed by atoms with Crippen LogP contribution in [0.4, 0.5) is 0 Å². The van der Waals surface area contributed by atoms with E-state index in [-0.39, 0.29) is 0 Å². The molecule has 1 heterocycles. The largest absolute Gasteiger partial charge is 0.316 e. The first kappa shape index (κ1) is 8.76. The third-order valence-electron chi connectivity index (χ3n) is 3.32. The van der Waals surface area contributed by atoms with Gasteiger partial charge in [0, 0.05) is 13.1 Å². The van der Waals surface area contributed by atoms with Crippen LogP contribution in [0.5, 0.6) is 0 Å². The van der Waals surface area contributed by atoms with Crippen molar-refractivity contribution in [1.82, 2.24) is 5.32 Å². The summed E-state index contributed by atoms with van der Waals surface area (Å²) in [7, 11) is 0. The van der Waals surface area contributed by atoms with Crippen LogP contribution in [-0.4, -0.2) is 13.1 Å². The Kier molecular flexibility index (Phi) is 2.12. The number of benzene rings is 1. The van der Waals surface area contributed by atoms with Gasteiger partial charge >= 0.3 is 0 Å². The predicted molar refractivity (Wildman–Crippen MR) is 55.8 cm³/mol. The molecule has 1 heteroatoms. The van der Waals surface area contributed by atoms with E-state index in [0.29, 0.717) is 5.41 Å². The molecule has 1 saturated heterocycles. The summed E-state index contributed by atoms with van der Waals surface area (Å²) in [6.45, 7) is 7.02. The van der Waals surface area contributed by atoms with Crippen LogP contribution in [0.1, 0.15) is 19.4 Å². The zero-order valence-electron chi connectivity index (χ0n) is 8.38. The normalized spacial score (nSPS) is 18.3. The first-order valence-corrected chi connectivity index (χ1v) is 4.97. The van der Waals surface area contributed by atoms with E-state index >= 15 is 0 Å². The van der Waals surface area contributed by atoms with Crippen molar-refractivity contribution in [2.24, 2.45) is 5.92 Å². The summed E-state index contributed by atoms with van der Waals surface area (Å²) in [4.78, 5) is 0. The van der Waals surface area contributed by atoms with Gasteiger partial charge in [-0.1, -0.05) is 44.2 Å². The van der Waals surface area contributed by atoms with Crippen LogP contribution < -0.4 is 5.32 Å². The van der Waals surface area contributed by atoms with E-state index in [4.69, 9.17) is 0 Å². The van der Waals surface area contributed by atoms with Gasteiger partial charge < -0.3 is 5.32 Å². The highest BCUT2D eigenvalue weighted by Crippen LogP contribution is 2.33. The fourth-order valence-corrected chi connectivity index (χ4v) is 1.90. The Morgan fingerprint density at radius 3 is 2.23 bits per heavy atom. The first-order chi connectivity index (χ1) is 6.21. The van der Waals surface area contributed by atoms with Crippen LogP contribution >= 0.6 is 0 Å². The Morgan fingerprint density at radius 2 is 1.77 bits per heavy atom. The lowest BCUT2D eigenvalue weighted by molar-refractivity contribution is 0.221. The summed E-state index contributed by atoms with van der Waals surface area (Å²) in [6, 6.07) is 10.8. The molecule has 0 amide bonds. The highest BCUT2D eigenvalue weighted by molar-refractivity contribution is 5.25. The van der Waals surface area contributed by atoms with Crippen LogP contribution in [0.25, 0.3) is 0 Å². The van der Waals surface area contributed by atoms with Gasteiger partial charge in [-0.05, 0) is 16.9 Å². The lowest BCUT2D eigenvalue weighted by atomic mass is 9.71. The van der Waals surface area contributed by atoms with Crippen LogP contribution in [-0.2, 0) is 5.41 Å². The zero-order valence-corrected chi connectivity index (χ0v) is 8.38. The third kappa shape index (κ3) is 1.49. The monoisotopic (exact) mass is 175 g/mol. The van der Waals surface area contributed by atoms with Crippen molar-refractivity contribution in [1.29, 1.82) is 0 Å². The molecule has 0 bridgehead atoms. The molecule has 0 spiro atoms. The van der Waals surface area contributed by atoms with Crippen LogP contribution in [0.15, 0.2) is 30.3 Å². The van der Waals surface area contributed by atoms with Gasteiger partial charge in [-0.2, -0.15) is 0 Å². The molecule has 0 aromatic heterocycles. The molecule has 0 atom stereocenters. The third-order valence-corrected chi connectivity index (χ3v) is 3.32. The van der Waals surface area contributed by atoms with Crippen molar-refractivity contribution < 1.29 is 0 Å². The first-order valence-electron chi connectivity index (χ1n) is 4.97. The Bertz CT molecular complexity index is 272. The minimum absolute atomic E-state index is 0.326. The lowest BCUT2D eigenvalue weighted by Crippen LogP contribution is -2.51. The summed E-state index contributed by atoms with van der Waals surface area (Å²) in [6.07, 6.45) is 0. The lowest BCUT2D eigenvalue weighted by Gasteiger charge is -2.41. The molecule has 2 rings (SSSR count). The quantitative estimate of drug-likeness (QED) is 0.726. The highest BCUT2D eigenvalue weighted by atomic mass is 15.0. The van der Waals surface area contributed by atoms with E-state index in [0.717, 1.165) is 5.92 Å². The van der Waals surface area contributed by atoms with E-state index in [1.54, 1.807) is 0 Å². The average Bonchev–Trinajstić information content (AvgIpc) is 2.02. The molecule has 0 unspecified atom stereocenters. The van der Waals surface area contributed by atoms with E-state index in [9.17, 15) is 0 Å². The standard InChI is InChI=1S/C12H17N/c1-12(2,11-8-13-9-11)10-6-4-3-5-7-10/h3-7,11,13H,8-9H2,1-2H3. The molecule has 70 valence electrons. The van der Waals surface area contributed by atoms with Crippen LogP contribution in [0, 0.1) is 5.92 Å².